The summed E-state index contributed by atoms with van der Waals surface area (Å²) in [5.41, 5.74) is 0.141. The van der Waals surface area contributed by atoms with Crippen molar-refractivity contribution in [2.24, 2.45) is 0 Å². The van der Waals surface area contributed by atoms with Gasteiger partial charge < -0.3 is 15.0 Å². The number of nitrogens with zero attached hydrogens (tertiary/aromatic N) is 3. The molecule has 178 valence electrons. The summed E-state index contributed by atoms with van der Waals surface area (Å²) in [5.74, 6) is -0.444. The van der Waals surface area contributed by atoms with Crippen LogP contribution in [0, 0.1) is 0 Å². The molecule has 0 bridgehead atoms. The number of carbonyl (C=O) groups is 2. The molecule has 1 aromatic carbocycles. The minimum atomic E-state index is -3.73. The van der Waals surface area contributed by atoms with E-state index in [1.807, 2.05) is 0 Å². The van der Waals surface area contributed by atoms with Crippen LogP contribution in [0.4, 0.5) is 5.13 Å². The number of likely N-dealkylation sites (tertiary alicyclic amines) is 1. The van der Waals surface area contributed by atoms with Crippen LogP contribution >= 0.6 is 11.3 Å². The summed E-state index contributed by atoms with van der Waals surface area (Å²) in [6.07, 6.45) is 6.47. The first-order chi connectivity index (χ1) is 15.9. The maximum absolute atomic E-state index is 13.5. The second-order valence-electron chi connectivity index (χ2n) is 8.16. The summed E-state index contributed by atoms with van der Waals surface area (Å²) in [6.45, 7) is 1.35. The van der Waals surface area contributed by atoms with E-state index in [4.69, 9.17) is 4.74 Å². The number of benzene rings is 1. The molecule has 0 aliphatic carbocycles. The van der Waals surface area contributed by atoms with Crippen molar-refractivity contribution >= 4 is 38.3 Å². The molecule has 1 atom stereocenters. The average molecular weight is 493 g/mol. The number of hydrogen-bond donors (Lipinski definition) is 1. The number of methoxy groups -OCH3 is 1. The molecule has 1 aromatic heterocycles. The molecule has 2 saturated heterocycles. The summed E-state index contributed by atoms with van der Waals surface area (Å²) in [6, 6.07) is 3.72. The molecule has 0 saturated carbocycles. The van der Waals surface area contributed by atoms with Crippen LogP contribution in [0.15, 0.2) is 34.7 Å². The molecule has 2 aliphatic heterocycles. The van der Waals surface area contributed by atoms with E-state index in [-0.39, 0.29) is 22.1 Å². The molecule has 9 nitrogen and oxygen atoms in total. The van der Waals surface area contributed by atoms with Crippen LogP contribution in [0.25, 0.3) is 0 Å². The van der Waals surface area contributed by atoms with Gasteiger partial charge in [-0.1, -0.05) is 12.8 Å². The first kappa shape index (κ1) is 23.7. The highest BCUT2D eigenvalue weighted by Gasteiger charge is 2.36. The lowest BCUT2D eigenvalue weighted by molar-refractivity contribution is -0.119. The first-order valence-corrected chi connectivity index (χ1v) is 13.4. The molecule has 4 rings (SSSR count). The number of anilines is 1. The fraction of sp³-hybridized carbons (Fsp3) is 0.500. The van der Waals surface area contributed by atoms with Gasteiger partial charge in [0.2, 0.25) is 15.9 Å². The van der Waals surface area contributed by atoms with Crippen molar-refractivity contribution in [1.82, 2.24) is 14.2 Å². The van der Waals surface area contributed by atoms with Gasteiger partial charge in [-0.05, 0) is 43.9 Å². The van der Waals surface area contributed by atoms with Gasteiger partial charge in [0, 0.05) is 31.2 Å². The van der Waals surface area contributed by atoms with E-state index in [9.17, 15) is 18.0 Å². The Kier molecular flexibility index (Phi) is 7.30. The number of sulfonamides is 1. The van der Waals surface area contributed by atoms with E-state index in [1.54, 1.807) is 11.6 Å². The van der Waals surface area contributed by atoms with Crippen LogP contribution in [-0.2, 0) is 14.8 Å². The maximum atomic E-state index is 13.5. The van der Waals surface area contributed by atoms with Gasteiger partial charge in [0.15, 0.2) is 5.13 Å². The predicted octanol–water partition coefficient (Wildman–Crippen LogP) is 2.96. The number of thiazole rings is 1. The number of nitrogens with one attached hydrogen (secondary N) is 1. The Labute approximate surface area is 197 Å². The third-order valence-electron chi connectivity index (χ3n) is 6.08. The van der Waals surface area contributed by atoms with E-state index in [2.05, 4.69) is 10.3 Å². The van der Waals surface area contributed by atoms with Crippen LogP contribution in [0.3, 0.4) is 0 Å². The van der Waals surface area contributed by atoms with Crippen LogP contribution in [0.5, 0.6) is 5.75 Å². The van der Waals surface area contributed by atoms with Gasteiger partial charge in [-0.2, -0.15) is 4.31 Å². The van der Waals surface area contributed by atoms with Crippen molar-refractivity contribution in [3.63, 3.8) is 0 Å². The summed E-state index contributed by atoms with van der Waals surface area (Å²) < 4.78 is 33.4. The van der Waals surface area contributed by atoms with Crippen molar-refractivity contribution in [3.8, 4) is 5.75 Å². The highest BCUT2D eigenvalue weighted by atomic mass is 32.2. The number of amides is 2. The third kappa shape index (κ3) is 5.04. The molecule has 0 radical (unpaired) electrons. The lowest BCUT2D eigenvalue weighted by Gasteiger charge is -2.25. The lowest BCUT2D eigenvalue weighted by atomic mass is 10.1. The zero-order valence-electron chi connectivity index (χ0n) is 18.5. The van der Waals surface area contributed by atoms with Crippen molar-refractivity contribution in [2.45, 2.75) is 49.5 Å². The Morgan fingerprint density at radius 3 is 2.55 bits per heavy atom. The number of rotatable bonds is 6. The number of carbonyl (C=O) groups excluding carboxylic acids is 2. The van der Waals surface area contributed by atoms with Crippen molar-refractivity contribution < 1.29 is 22.7 Å². The Hall–Kier alpha value is -2.50. The van der Waals surface area contributed by atoms with Gasteiger partial charge in [-0.3, -0.25) is 9.59 Å². The number of aromatic nitrogens is 1. The van der Waals surface area contributed by atoms with E-state index in [1.165, 1.54) is 45.9 Å². The number of ether oxygens (including phenoxy) is 1. The standard InChI is InChI=1S/C22H28N4O5S2/c1-31-19-9-8-16(33(29,30)25-11-4-2-3-5-12-25)15-17(19)21(28)26-13-6-7-18(26)20(27)24-22-23-10-14-32-22/h8-10,14-15,18H,2-7,11-13H2,1H3,(H,23,24,27). The summed E-state index contributed by atoms with van der Waals surface area (Å²) >= 11 is 1.30. The molecular weight excluding hydrogens is 464 g/mol. The largest absolute Gasteiger partial charge is 0.496 e. The molecular formula is C22H28N4O5S2. The molecule has 3 heterocycles. The molecule has 2 amide bonds. The SMILES string of the molecule is COc1ccc(S(=O)(=O)N2CCCCCC2)cc1C(=O)N1CCCC1C(=O)Nc1nccs1. The fourth-order valence-corrected chi connectivity index (χ4v) is 6.43. The molecule has 2 aromatic rings. The molecule has 2 aliphatic rings. The van der Waals surface area contributed by atoms with Crippen molar-refractivity contribution in [2.75, 3.05) is 32.1 Å². The van der Waals surface area contributed by atoms with Gasteiger partial charge >= 0.3 is 0 Å². The zero-order chi connectivity index (χ0) is 23.4. The van der Waals surface area contributed by atoms with Gasteiger partial charge in [-0.15, -0.1) is 11.3 Å². The smallest absolute Gasteiger partial charge is 0.258 e. The molecule has 1 unspecified atom stereocenters. The third-order valence-corrected chi connectivity index (χ3v) is 8.67. The molecule has 33 heavy (non-hydrogen) atoms. The van der Waals surface area contributed by atoms with E-state index < -0.39 is 22.0 Å². The van der Waals surface area contributed by atoms with Crippen LogP contribution < -0.4 is 10.1 Å². The second kappa shape index (κ2) is 10.2. The summed E-state index contributed by atoms with van der Waals surface area (Å²) in [5, 5.41) is 4.99. The number of hydrogen-bond acceptors (Lipinski definition) is 7. The minimum Gasteiger partial charge on any atom is -0.496 e. The first-order valence-electron chi connectivity index (χ1n) is 11.1. The highest BCUT2D eigenvalue weighted by molar-refractivity contribution is 7.89. The molecule has 1 N–H and O–H groups in total. The highest BCUT2D eigenvalue weighted by Crippen LogP contribution is 2.30. The summed E-state index contributed by atoms with van der Waals surface area (Å²) in [7, 11) is -2.30. The van der Waals surface area contributed by atoms with Gasteiger partial charge in [0.05, 0.1) is 17.6 Å². The molecule has 0 spiro atoms. The quantitative estimate of drug-likeness (QED) is 0.664. The normalized spacial score (nSPS) is 19.8. The Balaban J connectivity index is 1.60. The van der Waals surface area contributed by atoms with Crippen LogP contribution in [0.2, 0.25) is 0 Å². The minimum absolute atomic E-state index is 0.0662. The summed E-state index contributed by atoms with van der Waals surface area (Å²) in [4.78, 5) is 31.9. The van der Waals surface area contributed by atoms with Crippen molar-refractivity contribution in [3.05, 3.63) is 35.3 Å². The average Bonchev–Trinajstić information content (AvgIpc) is 3.44. The van der Waals surface area contributed by atoms with Crippen LogP contribution in [0.1, 0.15) is 48.9 Å². The predicted molar refractivity (Wildman–Crippen MR) is 125 cm³/mol. The molecule has 11 heteroatoms. The van der Waals surface area contributed by atoms with Crippen molar-refractivity contribution in [1.29, 1.82) is 0 Å². The van der Waals surface area contributed by atoms with Gasteiger partial charge in [0.1, 0.15) is 11.8 Å². The fourth-order valence-electron chi connectivity index (χ4n) is 4.36. The molecule has 2 fully saturated rings. The maximum Gasteiger partial charge on any atom is 0.258 e. The Morgan fingerprint density at radius 2 is 1.88 bits per heavy atom. The zero-order valence-corrected chi connectivity index (χ0v) is 20.2. The van der Waals surface area contributed by atoms with E-state index >= 15 is 0 Å². The topological polar surface area (TPSA) is 109 Å². The van der Waals surface area contributed by atoms with Crippen LogP contribution in [-0.4, -0.2) is 67.2 Å². The van der Waals surface area contributed by atoms with Gasteiger partial charge in [0.25, 0.3) is 5.91 Å². The Bertz CT molecular complexity index is 1100. The monoisotopic (exact) mass is 492 g/mol. The second-order valence-corrected chi connectivity index (χ2v) is 11.0. The van der Waals surface area contributed by atoms with E-state index in [0.717, 1.165) is 25.7 Å². The van der Waals surface area contributed by atoms with E-state index in [0.29, 0.717) is 37.6 Å². The van der Waals surface area contributed by atoms with Gasteiger partial charge in [-0.25, -0.2) is 13.4 Å². The lowest BCUT2D eigenvalue weighted by Crippen LogP contribution is -2.43. The Morgan fingerprint density at radius 1 is 1.12 bits per heavy atom.